The summed E-state index contributed by atoms with van der Waals surface area (Å²) in [5, 5.41) is 11.3. The number of carboxylic acid groups (broad SMARTS) is 1. The monoisotopic (exact) mass is 266 g/mol. The van der Waals surface area contributed by atoms with E-state index in [2.05, 4.69) is 5.32 Å². The first-order valence-corrected chi connectivity index (χ1v) is 5.83. The molecule has 1 atom stereocenters. The summed E-state index contributed by atoms with van der Waals surface area (Å²) >= 11 is 0. The molecule has 1 rings (SSSR count). The largest absolute Gasteiger partial charge is 0.481 e. The lowest BCUT2D eigenvalue weighted by molar-refractivity contribution is -0.139. The molecule has 0 heterocycles. The number of rotatable bonds is 6. The average molecular weight is 266 g/mol. The maximum absolute atomic E-state index is 11.9. The number of amides is 1. The van der Waals surface area contributed by atoms with Gasteiger partial charge in [-0.15, -0.1) is 0 Å². The van der Waals surface area contributed by atoms with Crippen molar-refractivity contribution in [2.24, 2.45) is 0 Å². The number of carbonyl (C=O) groups is 2. The lowest BCUT2D eigenvalue weighted by atomic mass is 10.1. The van der Waals surface area contributed by atoms with Gasteiger partial charge in [0.1, 0.15) is 0 Å². The van der Waals surface area contributed by atoms with Crippen molar-refractivity contribution in [3.05, 3.63) is 29.3 Å². The molecule has 0 bridgehead atoms. The molecular weight excluding hydrogens is 248 g/mol. The second-order valence-electron chi connectivity index (χ2n) is 4.24. The van der Waals surface area contributed by atoms with Crippen molar-refractivity contribution in [3.8, 4) is 0 Å². The van der Waals surface area contributed by atoms with Gasteiger partial charge in [0.15, 0.2) is 0 Å². The van der Waals surface area contributed by atoms with Crippen LogP contribution in [0.1, 0.15) is 22.3 Å². The molecule has 4 N–H and O–H groups in total. The van der Waals surface area contributed by atoms with E-state index in [1.807, 2.05) is 6.92 Å². The summed E-state index contributed by atoms with van der Waals surface area (Å²) in [6.45, 7) is 1.96. The molecule has 1 aromatic carbocycles. The van der Waals surface area contributed by atoms with Gasteiger partial charge in [0.2, 0.25) is 0 Å². The Hall–Kier alpha value is -2.08. The summed E-state index contributed by atoms with van der Waals surface area (Å²) in [6.07, 6.45) is -0.700. The van der Waals surface area contributed by atoms with Gasteiger partial charge in [-0.3, -0.25) is 9.59 Å². The summed E-state index contributed by atoms with van der Waals surface area (Å²) < 4.78 is 4.97. The molecule has 1 aromatic rings. The van der Waals surface area contributed by atoms with Gasteiger partial charge in [-0.25, -0.2) is 0 Å². The number of nitrogens with one attached hydrogen (secondary N) is 1. The van der Waals surface area contributed by atoms with Gasteiger partial charge in [-0.05, 0) is 30.7 Å². The molecular formula is C13H18N2O4. The van der Waals surface area contributed by atoms with Crippen molar-refractivity contribution in [1.29, 1.82) is 0 Å². The lowest BCUT2D eigenvalue weighted by Crippen LogP contribution is -2.34. The number of carboxylic acids is 1. The van der Waals surface area contributed by atoms with Gasteiger partial charge in [0, 0.05) is 24.9 Å². The average Bonchev–Trinajstić information content (AvgIpc) is 2.36. The van der Waals surface area contributed by atoms with E-state index < -0.39 is 12.1 Å². The Labute approximate surface area is 111 Å². The van der Waals surface area contributed by atoms with Crippen LogP contribution in [0.25, 0.3) is 0 Å². The minimum absolute atomic E-state index is 0.144. The Morgan fingerprint density at radius 2 is 2.16 bits per heavy atom. The molecule has 0 aliphatic carbocycles. The van der Waals surface area contributed by atoms with Crippen molar-refractivity contribution in [3.63, 3.8) is 0 Å². The van der Waals surface area contributed by atoms with E-state index in [9.17, 15) is 9.59 Å². The molecule has 19 heavy (non-hydrogen) atoms. The van der Waals surface area contributed by atoms with Crippen molar-refractivity contribution < 1.29 is 19.4 Å². The summed E-state index contributed by atoms with van der Waals surface area (Å²) in [5.41, 5.74) is 7.60. The van der Waals surface area contributed by atoms with Gasteiger partial charge in [0.05, 0.1) is 12.5 Å². The Morgan fingerprint density at radius 1 is 1.47 bits per heavy atom. The van der Waals surface area contributed by atoms with Crippen LogP contribution in [0.2, 0.25) is 0 Å². The molecule has 0 fully saturated rings. The van der Waals surface area contributed by atoms with E-state index >= 15 is 0 Å². The van der Waals surface area contributed by atoms with Crippen LogP contribution in [0.5, 0.6) is 0 Å². The van der Waals surface area contributed by atoms with E-state index in [1.165, 1.54) is 7.11 Å². The fourth-order valence-electron chi connectivity index (χ4n) is 1.56. The quantitative estimate of drug-likeness (QED) is 0.661. The first kappa shape index (κ1) is 15.0. The van der Waals surface area contributed by atoms with Crippen molar-refractivity contribution in [2.75, 3.05) is 19.4 Å². The number of nitrogen functional groups attached to an aromatic ring is 1. The third-order valence-electron chi connectivity index (χ3n) is 2.76. The number of benzene rings is 1. The zero-order valence-electron chi connectivity index (χ0n) is 11.0. The third-order valence-corrected chi connectivity index (χ3v) is 2.76. The molecule has 104 valence electrons. The van der Waals surface area contributed by atoms with Gasteiger partial charge < -0.3 is 20.9 Å². The van der Waals surface area contributed by atoms with Gasteiger partial charge in [0.25, 0.3) is 5.91 Å². The first-order valence-electron chi connectivity index (χ1n) is 5.83. The van der Waals surface area contributed by atoms with Crippen molar-refractivity contribution in [1.82, 2.24) is 5.32 Å². The number of aliphatic carboxylic acids is 1. The fraction of sp³-hybridized carbons (Fsp3) is 0.385. The van der Waals surface area contributed by atoms with Gasteiger partial charge in [-0.2, -0.15) is 0 Å². The predicted molar refractivity (Wildman–Crippen MR) is 71.0 cm³/mol. The number of hydrogen-bond acceptors (Lipinski definition) is 4. The maximum Gasteiger partial charge on any atom is 0.306 e. The maximum atomic E-state index is 11.9. The second kappa shape index (κ2) is 6.75. The van der Waals surface area contributed by atoms with Crippen LogP contribution in [-0.4, -0.2) is 36.7 Å². The van der Waals surface area contributed by atoms with Gasteiger partial charge in [-0.1, -0.05) is 0 Å². The molecule has 0 spiro atoms. The number of ether oxygens (including phenoxy) is 1. The third kappa shape index (κ3) is 4.59. The van der Waals surface area contributed by atoms with E-state index in [1.54, 1.807) is 18.2 Å². The van der Waals surface area contributed by atoms with Gasteiger partial charge >= 0.3 is 5.97 Å². The molecule has 1 unspecified atom stereocenters. The molecule has 0 saturated heterocycles. The molecule has 0 aromatic heterocycles. The molecule has 0 aliphatic heterocycles. The Bertz CT molecular complexity index is 474. The van der Waals surface area contributed by atoms with Crippen LogP contribution in [0, 0.1) is 6.92 Å². The second-order valence-corrected chi connectivity index (χ2v) is 4.24. The van der Waals surface area contributed by atoms with Crippen LogP contribution in [0.15, 0.2) is 18.2 Å². The molecule has 6 heteroatoms. The highest BCUT2D eigenvalue weighted by Gasteiger charge is 2.14. The Morgan fingerprint density at radius 3 is 2.68 bits per heavy atom. The fourth-order valence-corrected chi connectivity index (χ4v) is 1.56. The van der Waals surface area contributed by atoms with Crippen LogP contribution >= 0.6 is 0 Å². The van der Waals surface area contributed by atoms with Crippen LogP contribution < -0.4 is 11.1 Å². The highest BCUT2D eigenvalue weighted by molar-refractivity contribution is 5.94. The molecule has 6 nitrogen and oxygen atoms in total. The smallest absolute Gasteiger partial charge is 0.306 e. The minimum Gasteiger partial charge on any atom is -0.481 e. The van der Waals surface area contributed by atoms with E-state index in [0.717, 1.165) is 5.56 Å². The first-order chi connectivity index (χ1) is 8.93. The lowest BCUT2D eigenvalue weighted by Gasteiger charge is -2.14. The Kier molecular flexibility index (Phi) is 5.32. The van der Waals surface area contributed by atoms with Crippen molar-refractivity contribution >= 4 is 17.6 Å². The van der Waals surface area contributed by atoms with Crippen LogP contribution in [0.3, 0.4) is 0 Å². The number of methoxy groups -OCH3 is 1. The summed E-state index contributed by atoms with van der Waals surface area (Å²) in [4.78, 5) is 22.4. The normalized spacial score (nSPS) is 11.9. The van der Waals surface area contributed by atoms with E-state index in [-0.39, 0.29) is 18.9 Å². The summed E-state index contributed by atoms with van der Waals surface area (Å²) in [6, 6.07) is 4.97. The summed E-state index contributed by atoms with van der Waals surface area (Å²) in [7, 11) is 1.41. The zero-order valence-corrected chi connectivity index (χ0v) is 11.0. The minimum atomic E-state index is -0.968. The zero-order chi connectivity index (χ0) is 14.4. The number of anilines is 1. The molecule has 0 radical (unpaired) electrons. The van der Waals surface area contributed by atoms with Crippen molar-refractivity contribution in [2.45, 2.75) is 19.4 Å². The number of nitrogens with two attached hydrogens (primary N) is 1. The molecule has 1 amide bonds. The van der Waals surface area contributed by atoms with E-state index in [4.69, 9.17) is 15.6 Å². The highest BCUT2D eigenvalue weighted by Crippen LogP contribution is 2.12. The topological polar surface area (TPSA) is 102 Å². The predicted octanol–water partition coefficient (Wildman–Crippen LogP) is 0.797. The number of carbonyl (C=O) groups excluding carboxylic acids is 1. The number of hydrogen-bond donors (Lipinski definition) is 3. The van der Waals surface area contributed by atoms with E-state index in [0.29, 0.717) is 11.3 Å². The molecule has 0 aliphatic rings. The standard InChI is InChI=1S/C13H18N2O4/c1-8-5-9(3-4-11(8)14)13(18)15-7-10(19-2)6-12(16)17/h3-5,10H,6-7,14H2,1-2H3,(H,15,18)(H,16,17). The highest BCUT2D eigenvalue weighted by atomic mass is 16.5. The molecule has 0 saturated carbocycles. The number of aryl methyl sites for hydroxylation is 1. The van der Waals surface area contributed by atoms with Crippen LogP contribution in [-0.2, 0) is 9.53 Å². The summed E-state index contributed by atoms with van der Waals surface area (Å²) in [5.74, 6) is -1.25. The van der Waals surface area contributed by atoms with Crippen LogP contribution in [0.4, 0.5) is 5.69 Å². The SMILES string of the molecule is COC(CNC(=O)c1ccc(N)c(C)c1)CC(=O)O. The Balaban J connectivity index is 2.59.